The monoisotopic (exact) mass is 247 g/mol. The van der Waals surface area contributed by atoms with E-state index in [2.05, 4.69) is 10.3 Å². The summed E-state index contributed by atoms with van der Waals surface area (Å²) in [4.78, 5) is 13.5. The Hall–Kier alpha value is -1.83. The zero-order valence-electron chi connectivity index (χ0n) is 8.93. The third kappa shape index (κ3) is 3.59. The van der Waals surface area contributed by atoms with Crippen LogP contribution in [0.5, 0.6) is 0 Å². The highest BCUT2D eigenvalue weighted by Crippen LogP contribution is 2.18. The highest BCUT2D eigenvalue weighted by atomic mass is 19.3. The first-order valence-corrected chi connectivity index (χ1v) is 4.73. The molecule has 1 aromatic heterocycles. The van der Waals surface area contributed by atoms with Gasteiger partial charge < -0.3 is 10.4 Å². The van der Waals surface area contributed by atoms with E-state index in [-0.39, 0.29) is 18.1 Å². The zero-order chi connectivity index (χ0) is 13.0. The predicted molar refractivity (Wildman–Crippen MR) is 56.1 cm³/mol. The maximum Gasteiger partial charge on any atom is 0.287 e. The lowest BCUT2D eigenvalue weighted by molar-refractivity contribution is -0.385. The molecular formula is C9H11F2N3O3. The van der Waals surface area contributed by atoms with Crippen LogP contribution in [0, 0.1) is 17.0 Å². The van der Waals surface area contributed by atoms with Crippen molar-refractivity contribution in [1.29, 1.82) is 0 Å². The van der Waals surface area contributed by atoms with Crippen molar-refractivity contribution in [2.24, 2.45) is 0 Å². The highest BCUT2D eigenvalue weighted by molar-refractivity contribution is 5.48. The largest absolute Gasteiger partial charge is 0.385 e. The van der Waals surface area contributed by atoms with Crippen LogP contribution in [0.3, 0.4) is 0 Å². The number of rotatable bonds is 5. The number of nitrogens with one attached hydrogen (secondary N) is 1. The number of hydrogen-bond acceptors (Lipinski definition) is 5. The van der Waals surface area contributed by atoms with Crippen LogP contribution < -0.4 is 5.32 Å². The SMILES string of the molecule is Cc1cc([N+](=O)[O-])cnc1NCC(O)C(F)F. The molecule has 0 saturated carbocycles. The first-order valence-electron chi connectivity index (χ1n) is 4.73. The molecule has 0 aromatic carbocycles. The van der Waals surface area contributed by atoms with E-state index in [1.54, 1.807) is 6.92 Å². The van der Waals surface area contributed by atoms with Gasteiger partial charge in [0.15, 0.2) is 0 Å². The number of hydrogen-bond donors (Lipinski definition) is 2. The summed E-state index contributed by atoms with van der Waals surface area (Å²) in [5, 5.41) is 21.8. The summed E-state index contributed by atoms with van der Waals surface area (Å²) in [6, 6.07) is 1.27. The van der Waals surface area contributed by atoms with E-state index in [9.17, 15) is 18.9 Å². The van der Waals surface area contributed by atoms with Crippen molar-refractivity contribution in [2.75, 3.05) is 11.9 Å². The van der Waals surface area contributed by atoms with Crippen LogP contribution in [-0.4, -0.2) is 34.1 Å². The van der Waals surface area contributed by atoms with Crippen LogP contribution in [0.1, 0.15) is 5.56 Å². The number of aliphatic hydroxyl groups is 1. The summed E-state index contributed by atoms with van der Waals surface area (Å²) >= 11 is 0. The molecule has 0 radical (unpaired) electrons. The molecule has 0 spiro atoms. The second kappa shape index (κ2) is 5.48. The number of aliphatic hydroxyl groups excluding tert-OH is 1. The maximum absolute atomic E-state index is 12.0. The first kappa shape index (κ1) is 13.2. The third-order valence-corrected chi connectivity index (χ3v) is 2.04. The topological polar surface area (TPSA) is 88.3 Å². The Balaban J connectivity index is 2.70. The Kier molecular flexibility index (Phi) is 4.27. The van der Waals surface area contributed by atoms with E-state index in [1.165, 1.54) is 6.07 Å². The molecule has 0 aliphatic heterocycles. The maximum atomic E-state index is 12.0. The van der Waals surface area contributed by atoms with Crippen LogP contribution >= 0.6 is 0 Å². The molecule has 6 nitrogen and oxygen atoms in total. The van der Waals surface area contributed by atoms with E-state index >= 15 is 0 Å². The van der Waals surface area contributed by atoms with E-state index < -0.39 is 17.5 Å². The molecule has 1 rings (SSSR count). The summed E-state index contributed by atoms with van der Waals surface area (Å²) in [5.41, 5.74) is 0.267. The van der Waals surface area contributed by atoms with E-state index in [1.807, 2.05) is 0 Å². The zero-order valence-corrected chi connectivity index (χ0v) is 8.93. The van der Waals surface area contributed by atoms with Crippen molar-refractivity contribution in [3.63, 3.8) is 0 Å². The van der Waals surface area contributed by atoms with Crippen LogP contribution in [-0.2, 0) is 0 Å². The molecular weight excluding hydrogens is 236 g/mol. The van der Waals surface area contributed by atoms with Gasteiger partial charge in [-0.15, -0.1) is 0 Å². The number of anilines is 1. The molecule has 0 saturated heterocycles. The molecule has 1 unspecified atom stereocenters. The number of pyridine rings is 1. The van der Waals surface area contributed by atoms with Crippen molar-refractivity contribution < 1.29 is 18.8 Å². The third-order valence-electron chi connectivity index (χ3n) is 2.04. The Labute approximate surface area is 95.4 Å². The second-order valence-corrected chi connectivity index (χ2v) is 3.40. The van der Waals surface area contributed by atoms with Crippen LogP contribution in [0.15, 0.2) is 12.3 Å². The lowest BCUT2D eigenvalue weighted by atomic mass is 10.2. The fourth-order valence-electron chi connectivity index (χ4n) is 1.14. The molecule has 0 aliphatic rings. The Morgan fingerprint density at radius 3 is 2.76 bits per heavy atom. The smallest absolute Gasteiger partial charge is 0.287 e. The molecule has 94 valence electrons. The molecule has 8 heteroatoms. The number of halogens is 2. The van der Waals surface area contributed by atoms with Crippen molar-refractivity contribution in [2.45, 2.75) is 19.5 Å². The molecule has 17 heavy (non-hydrogen) atoms. The van der Waals surface area contributed by atoms with E-state index in [4.69, 9.17) is 5.11 Å². The Morgan fingerprint density at radius 2 is 2.29 bits per heavy atom. The Bertz CT molecular complexity index is 414. The van der Waals surface area contributed by atoms with Gasteiger partial charge in [-0.3, -0.25) is 10.1 Å². The van der Waals surface area contributed by atoms with Gasteiger partial charge in [-0.1, -0.05) is 0 Å². The highest BCUT2D eigenvalue weighted by Gasteiger charge is 2.17. The summed E-state index contributed by atoms with van der Waals surface area (Å²) in [6.45, 7) is 1.18. The number of aromatic nitrogens is 1. The molecule has 1 aromatic rings. The number of aryl methyl sites for hydroxylation is 1. The molecule has 0 aliphatic carbocycles. The van der Waals surface area contributed by atoms with Crippen molar-refractivity contribution in [1.82, 2.24) is 4.98 Å². The van der Waals surface area contributed by atoms with E-state index in [0.29, 0.717) is 5.56 Å². The quantitative estimate of drug-likeness (QED) is 0.605. The number of nitrogens with zero attached hydrogens (tertiary/aromatic N) is 2. The van der Waals surface area contributed by atoms with Gasteiger partial charge in [0.1, 0.15) is 18.1 Å². The summed E-state index contributed by atoms with van der Waals surface area (Å²) in [7, 11) is 0. The second-order valence-electron chi connectivity index (χ2n) is 3.40. The number of alkyl halides is 2. The van der Waals surface area contributed by atoms with Gasteiger partial charge in [-0.05, 0) is 12.5 Å². The van der Waals surface area contributed by atoms with Crippen LogP contribution in [0.25, 0.3) is 0 Å². The lowest BCUT2D eigenvalue weighted by Crippen LogP contribution is -2.27. The van der Waals surface area contributed by atoms with Gasteiger partial charge in [0, 0.05) is 12.6 Å². The minimum atomic E-state index is -2.85. The average Bonchev–Trinajstić information content (AvgIpc) is 2.26. The predicted octanol–water partition coefficient (Wildman–Crippen LogP) is 1.34. The normalized spacial score (nSPS) is 12.5. The minimum Gasteiger partial charge on any atom is -0.385 e. The Morgan fingerprint density at radius 1 is 1.65 bits per heavy atom. The van der Waals surface area contributed by atoms with Crippen LogP contribution in [0.2, 0.25) is 0 Å². The molecule has 0 amide bonds. The minimum absolute atomic E-state index is 0.178. The number of nitro groups is 1. The first-order chi connectivity index (χ1) is 7.91. The summed E-state index contributed by atoms with van der Waals surface area (Å²) in [6.07, 6.45) is -3.63. The van der Waals surface area contributed by atoms with Crippen LogP contribution in [0.4, 0.5) is 20.3 Å². The average molecular weight is 247 g/mol. The van der Waals surface area contributed by atoms with Gasteiger partial charge >= 0.3 is 0 Å². The fraction of sp³-hybridized carbons (Fsp3) is 0.444. The van der Waals surface area contributed by atoms with Gasteiger partial charge in [0.25, 0.3) is 12.1 Å². The van der Waals surface area contributed by atoms with Gasteiger partial charge in [0.05, 0.1) is 4.92 Å². The fourth-order valence-corrected chi connectivity index (χ4v) is 1.14. The van der Waals surface area contributed by atoms with Crippen molar-refractivity contribution >= 4 is 11.5 Å². The molecule has 0 fully saturated rings. The van der Waals surface area contributed by atoms with Crippen molar-refractivity contribution in [3.8, 4) is 0 Å². The summed E-state index contributed by atoms with van der Waals surface area (Å²) < 4.78 is 24.0. The molecule has 1 heterocycles. The standard InChI is InChI=1S/C9H11F2N3O3/c1-5-2-6(14(16)17)3-12-9(5)13-4-7(15)8(10)11/h2-3,7-8,15H,4H2,1H3,(H,12,13). The molecule has 1 atom stereocenters. The van der Waals surface area contributed by atoms with Gasteiger partial charge in [0.2, 0.25) is 0 Å². The van der Waals surface area contributed by atoms with Crippen molar-refractivity contribution in [3.05, 3.63) is 27.9 Å². The van der Waals surface area contributed by atoms with Gasteiger partial charge in [-0.25, -0.2) is 13.8 Å². The van der Waals surface area contributed by atoms with E-state index in [0.717, 1.165) is 6.20 Å². The molecule has 2 N–H and O–H groups in total. The van der Waals surface area contributed by atoms with Gasteiger partial charge in [-0.2, -0.15) is 0 Å². The lowest BCUT2D eigenvalue weighted by Gasteiger charge is -2.12. The summed E-state index contributed by atoms with van der Waals surface area (Å²) in [5.74, 6) is 0.232. The molecule has 0 bridgehead atoms.